The molecule has 0 unspecified atom stereocenters. The highest BCUT2D eigenvalue weighted by Crippen LogP contribution is 2.41. The second kappa shape index (κ2) is 8.23. The molecule has 0 aromatic heterocycles. The second-order valence-electron chi connectivity index (χ2n) is 6.62. The van der Waals surface area contributed by atoms with Gasteiger partial charge in [0.2, 0.25) is 0 Å². The van der Waals surface area contributed by atoms with Gasteiger partial charge in [0.1, 0.15) is 5.75 Å². The van der Waals surface area contributed by atoms with E-state index in [0.717, 1.165) is 31.7 Å². The van der Waals surface area contributed by atoms with Crippen LogP contribution >= 0.6 is 24.8 Å². The van der Waals surface area contributed by atoms with E-state index in [1.807, 2.05) is 12.1 Å². The van der Waals surface area contributed by atoms with E-state index in [1.165, 1.54) is 5.56 Å². The van der Waals surface area contributed by atoms with Gasteiger partial charge in [0.25, 0.3) is 0 Å². The summed E-state index contributed by atoms with van der Waals surface area (Å²) in [6.45, 7) is 13.0. The van der Waals surface area contributed by atoms with Crippen molar-refractivity contribution in [2.75, 3.05) is 26.2 Å². The Balaban J connectivity index is 0.00000200. The quantitative estimate of drug-likeness (QED) is 0.868. The summed E-state index contributed by atoms with van der Waals surface area (Å²) in [4.78, 5) is 2.49. The normalized spacial score (nSPS) is 17.5. The number of hydrogen-bond donors (Lipinski definition) is 2. The van der Waals surface area contributed by atoms with Crippen LogP contribution in [0.5, 0.6) is 5.75 Å². The molecule has 1 aliphatic heterocycles. The Morgan fingerprint density at radius 2 is 1.71 bits per heavy atom. The molecule has 5 heteroatoms. The van der Waals surface area contributed by atoms with Crippen LogP contribution in [0.25, 0.3) is 0 Å². The lowest BCUT2D eigenvalue weighted by atomic mass is 9.80. The van der Waals surface area contributed by atoms with Crippen molar-refractivity contribution in [3.8, 4) is 5.75 Å². The SMILES string of the molecule is Cc1ccc(O)c([C@@H](N2CCNCC2)C(C)(C)C)c1.Cl.Cl. The van der Waals surface area contributed by atoms with Crippen LogP contribution in [0.2, 0.25) is 0 Å². The third kappa shape index (κ3) is 5.03. The van der Waals surface area contributed by atoms with Crippen molar-refractivity contribution in [2.45, 2.75) is 33.7 Å². The zero-order chi connectivity index (χ0) is 14.0. The Bertz CT molecular complexity index is 440. The molecule has 0 radical (unpaired) electrons. The number of nitrogens with one attached hydrogen (secondary N) is 1. The van der Waals surface area contributed by atoms with Gasteiger partial charge < -0.3 is 10.4 Å². The maximum absolute atomic E-state index is 10.3. The zero-order valence-corrected chi connectivity index (χ0v) is 15.0. The Kier molecular flexibility index (Phi) is 8.04. The molecule has 0 aliphatic carbocycles. The molecule has 1 aliphatic rings. The zero-order valence-electron chi connectivity index (χ0n) is 13.3. The monoisotopic (exact) mass is 334 g/mol. The van der Waals surface area contributed by atoms with Gasteiger partial charge in [-0.15, -0.1) is 24.8 Å². The molecule has 21 heavy (non-hydrogen) atoms. The van der Waals surface area contributed by atoms with Gasteiger partial charge in [0, 0.05) is 37.8 Å². The summed E-state index contributed by atoms with van der Waals surface area (Å²) in [5.74, 6) is 0.420. The first-order valence-corrected chi connectivity index (χ1v) is 7.14. The molecule has 1 atom stereocenters. The molecule has 1 saturated heterocycles. The Hall–Kier alpha value is -0.480. The number of benzene rings is 1. The van der Waals surface area contributed by atoms with Crippen LogP contribution in [0.4, 0.5) is 0 Å². The average molecular weight is 335 g/mol. The van der Waals surface area contributed by atoms with Crippen LogP contribution in [0, 0.1) is 12.3 Å². The molecule has 1 aromatic rings. The van der Waals surface area contributed by atoms with Crippen molar-refractivity contribution in [3.05, 3.63) is 29.3 Å². The first kappa shape index (κ1) is 20.5. The van der Waals surface area contributed by atoms with Gasteiger partial charge in [-0.25, -0.2) is 0 Å². The lowest BCUT2D eigenvalue weighted by Crippen LogP contribution is -2.48. The minimum absolute atomic E-state index is 0. The number of nitrogens with zero attached hydrogens (tertiary/aromatic N) is 1. The molecule has 122 valence electrons. The van der Waals surface area contributed by atoms with Crippen LogP contribution < -0.4 is 5.32 Å². The summed E-state index contributed by atoms with van der Waals surface area (Å²) < 4.78 is 0. The molecule has 0 spiro atoms. The van der Waals surface area contributed by atoms with Crippen LogP contribution in [0.3, 0.4) is 0 Å². The Morgan fingerprint density at radius 3 is 2.24 bits per heavy atom. The average Bonchev–Trinajstić information content (AvgIpc) is 2.33. The highest BCUT2D eigenvalue weighted by Gasteiger charge is 2.34. The minimum Gasteiger partial charge on any atom is -0.508 e. The number of phenolic OH excluding ortho intramolecular Hbond substituents is 1. The fraction of sp³-hybridized carbons (Fsp3) is 0.625. The van der Waals surface area contributed by atoms with E-state index in [2.05, 4.69) is 44.0 Å². The third-order valence-electron chi connectivity index (χ3n) is 3.81. The maximum atomic E-state index is 10.3. The van der Waals surface area contributed by atoms with E-state index in [0.29, 0.717) is 5.75 Å². The van der Waals surface area contributed by atoms with Crippen molar-refractivity contribution < 1.29 is 5.11 Å². The topological polar surface area (TPSA) is 35.5 Å². The first-order chi connectivity index (χ1) is 8.89. The predicted octanol–water partition coefficient (Wildman–Crippen LogP) is 3.54. The summed E-state index contributed by atoms with van der Waals surface area (Å²) >= 11 is 0. The summed E-state index contributed by atoms with van der Waals surface area (Å²) in [7, 11) is 0. The third-order valence-corrected chi connectivity index (χ3v) is 3.81. The minimum atomic E-state index is 0. The smallest absolute Gasteiger partial charge is 0.120 e. The molecule has 2 N–H and O–H groups in total. The molecule has 0 saturated carbocycles. The van der Waals surface area contributed by atoms with E-state index in [9.17, 15) is 5.11 Å². The second-order valence-corrected chi connectivity index (χ2v) is 6.62. The van der Waals surface area contributed by atoms with Gasteiger partial charge in [-0.3, -0.25) is 4.90 Å². The first-order valence-electron chi connectivity index (χ1n) is 7.14. The largest absolute Gasteiger partial charge is 0.508 e. The van der Waals surface area contributed by atoms with E-state index in [4.69, 9.17) is 0 Å². The fourth-order valence-electron chi connectivity index (χ4n) is 3.04. The molecule has 3 nitrogen and oxygen atoms in total. The van der Waals surface area contributed by atoms with E-state index < -0.39 is 0 Å². The molecule has 1 fully saturated rings. The van der Waals surface area contributed by atoms with Gasteiger partial charge in [-0.2, -0.15) is 0 Å². The predicted molar refractivity (Wildman–Crippen MR) is 94.0 cm³/mol. The molecular formula is C16H28Cl2N2O. The number of halogens is 2. The van der Waals surface area contributed by atoms with Crippen molar-refractivity contribution in [2.24, 2.45) is 5.41 Å². The van der Waals surface area contributed by atoms with Gasteiger partial charge in [0.15, 0.2) is 0 Å². The maximum Gasteiger partial charge on any atom is 0.120 e. The Labute approximate surface area is 140 Å². The molecule has 1 heterocycles. The number of rotatable bonds is 2. The number of hydrogen-bond acceptors (Lipinski definition) is 3. The highest BCUT2D eigenvalue weighted by molar-refractivity contribution is 5.85. The summed E-state index contributed by atoms with van der Waals surface area (Å²) in [5, 5.41) is 13.7. The summed E-state index contributed by atoms with van der Waals surface area (Å²) in [6.07, 6.45) is 0. The molecule has 0 amide bonds. The highest BCUT2D eigenvalue weighted by atomic mass is 35.5. The number of aromatic hydroxyl groups is 1. The lowest BCUT2D eigenvalue weighted by Gasteiger charge is -2.42. The molecule has 2 rings (SSSR count). The van der Waals surface area contributed by atoms with E-state index in [-0.39, 0.29) is 36.3 Å². The van der Waals surface area contributed by atoms with Crippen LogP contribution in [0.1, 0.15) is 37.9 Å². The summed E-state index contributed by atoms with van der Waals surface area (Å²) in [5.41, 5.74) is 2.37. The molecular weight excluding hydrogens is 307 g/mol. The Morgan fingerprint density at radius 1 is 1.14 bits per heavy atom. The number of aryl methyl sites for hydroxylation is 1. The van der Waals surface area contributed by atoms with Gasteiger partial charge in [-0.1, -0.05) is 38.5 Å². The molecule has 1 aromatic carbocycles. The fourth-order valence-corrected chi connectivity index (χ4v) is 3.04. The van der Waals surface area contributed by atoms with Crippen LogP contribution in [-0.2, 0) is 0 Å². The van der Waals surface area contributed by atoms with Crippen molar-refractivity contribution in [3.63, 3.8) is 0 Å². The standard InChI is InChI=1S/C16H26N2O.2ClH/c1-12-5-6-14(19)13(11-12)15(16(2,3)4)18-9-7-17-8-10-18;;/h5-6,11,15,17,19H,7-10H2,1-4H3;2*1H/t15-;;/m1../s1. The number of phenols is 1. The van der Waals surface area contributed by atoms with Gasteiger partial charge >= 0.3 is 0 Å². The van der Waals surface area contributed by atoms with Gasteiger partial charge in [-0.05, 0) is 18.4 Å². The van der Waals surface area contributed by atoms with E-state index in [1.54, 1.807) is 0 Å². The van der Waals surface area contributed by atoms with Gasteiger partial charge in [0.05, 0.1) is 0 Å². The van der Waals surface area contributed by atoms with E-state index >= 15 is 0 Å². The molecule has 0 bridgehead atoms. The number of piperazine rings is 1. The van der Waals surface area contributed by atoms with Crippen LogP contribution in [-0.4, -0.2) is 36.2 Å². The van der Waals surface area contributed by atoms with Crippen molar-refractivity contribution >= 4 is 24.8 Å². The van der Waals surface area contributed by atoms with Crippen LogP contribution in [0.15, 0.2) is 18.2 Å². The lowest BCUT2D eigenvalue weighted by molar-refractivity contribution is 0.0842. The summed E-state index contributed by atoms with van der Waals surface area (Å²) in [6, 6.07) is 6.18. The van der Waals surface area contributed by atoms with Crippen molar-refractivity contribution in [1.82, 2.24) is 10.2 Å². The van der Waals surface area contributed by atoms with Crippen molar-refractivity contribution in [1.29, 1.82) is 0 Å².